The van der Waals surface area contributed by atoms with Crippen LogP contribution in [0.2, 0.25) is 5.02 Å². The van der Waals surface area contributed by atoms with E-state index < -0.39 is 5.60 Å². The molecule has 0 unspecified atom stereocenters. The van der Waals surface area contributed by atoms with Gasteiger partial charge in [-0.3, -0.25) is 23.9 Å². The largest absolute Gasteiger partial charge is 0.388 e. The standard InChI is InChI=1S/C32H34ClN5O4/c1-2-22-23-5-3-4-6-26(23)36-28-15-20(7-9-24(22)28)30(40)34-17-29(39)37-13-11-32(42,12-14-37)18-38-19-35-27-16-21(33)8-10-25(27)31(38)41/h7-10,15-16,19,42H,2-6,11-14,17-18H2,1H3,(H,34,40). The number of benzene rings is 2. The topological polar surface area (TPSA) is 117 Å². The van der Waals surface area contributed by atoms with Crippen molar-refractivity contribution in [3.63, 3.8) is 0 Å². The fraction of sp³-hybridized carbons (Fsp3) is 0.406. The third kappa shape index (κ3) is 5.51. The fourth-order valence-corrected chi connectivity index (χ4v) is 6.50. The Bertz CT molecular complexity index is 1760. The van der Waals surface area contributed by atoms with E-state index in [4.69, 9.17) is 16.6 Å². The number of hydrogen-bond donors (Lipinski definition) is 2. The lowest BCUT2D eigenvalue weighted by Crippen LogP contribution is -2.51. The Labute approximate surface area is 248 Å². The highest BCUT2D eigenvalue weighted by Gasteiger charge is 2.34. The lowest BCUT2D eigenvalue weighted by molar-refractivity contribution is -0.134. The number of nitrogens with zero attached hydrogens (tertiary/aromatic N) is 4. The zero-order chi connectivity index (χ0) is 29.4. The van der Waals surface area contributed by atoms with Gasteiger partial charge in [0.2, 0.25) is 5.91 Å². The molecule has 1 aliphatic carbocycles. The van der Waals surface area contributed by atoms with Crippen molar-refractivity contribution in [1.82, 2.24) is 24.8 Å². The number of carbonyl (C=O) groups is 2. The lowest BCUT2D eigenvalue weighted by Gasteiger charge is -2.38. The average Bonchev–Trinajstić information content (AvgIpc) is 3.00. The average molecular weight is 588 g/mol. The quantitative estimate of drug-likeness (QED) is 0.354. The molecular weight excluding hydrogens is 554 g/mol. The monoisotopic (exact) mass is 587 g/mol. The van der Waals surface area contributed by atoms with Gasteiger partial charge in [0.05, 0.1) is 41.4 Å². The van der Waals surface area contributed by atoms with Crippen molar-refractivity contribution < 1.29 is 14.7 Å². The van der Waals surface area contributed by atoms with E-state index in [1.165, 1.54) is 28.4 Å². The Balaban J connectivity index is 1.06. The summed E-state index contributed by atoms with van der Waals surface area (Å²) in [6.07, 6.45) is 7.32. The number of piperidine rings is 1. The molecule has 0 radical (unpaired) electrons. The van der Waals surface area contributed by atoms with Crippen molar-refractivity contribution >= 4 is 45.2 Å². The lowest BCUT2D eigenvalue weighted by atomic mass is 9.88. The minimum Gasteiger partial charge on any atom is -0.388 e. The van der Waals surface area contributed by atoms with Crippen molar-refractivity contribution in [2.24, 2.45) is 0 Å². The number of hydrogen-bond acceptors (Lipinski definition) is 6. The molecule has 0 saturated carbocycles. The summed E-state index contributed by atoms with van der Waals surface area (Å²) in [6.45, 7) is 2.75. The molecule has 42 heavy (non-hydrogen) atoms. The summed E-state index contributed by atoms with van der Waals surface area (Å²) < 4.78 is 1.41. The summed E-state index contributed by atoms with van der Waals surface area (Å²) in [7, 11) is 0. The second kappa shape index (κ2) is 11.5. The number of halogens is 1. The molecule has 1 saturated heterocycles. The second-order valence-corrected chi connectivity index (χ2v) is 11.9. The van der Waals surface area contributed by atoms with Crippen LogP contribution in [0.5, 0.6) is 0 Å². The summed E-state index contributed by atoms with van der Waals surface area (Å²) in [4.78, 5) is 49.7. The van der Waals surface area contributed by atoms with E-state index in [9.17, 15) is 19.5 Å². The molecule has 3 heterocycles. The van der Waals surface area contributed by atoms with Crippen molar-refractivity contribution in [1.29, 1.82) is 0 Å². The van der Waals surface area contributed by atoms with Gasteiger partial charge < -0.3 is 15.3 Å². The van der Waals surface area contributed by atoms with Crippen LogP contribution in [-0.4, -0.2) is 61.6 Å². The van der Waals surface area contributed by atoms with E-state index in [0.29, 0.717) is 47.4 Å². The minimum atomic E-state index is -1.15. The highest BCUT2D eigenvalue weighted by atomic mass is 35.5. The molecule has 1 aliphatic heterocycles. The maximum absolute atomic E-state index is 13.0. The molecule has 2 aliphatic rings. The van der Waals surface area contributed by atoms with Gasteiger partial charge in [0.1, 0.15) is 0 Å². The van der Waals surface area contributed by atoms with Crippen LogP contribution in [0.4, 0.5) is 0 Å². The molecule has 4 aromatic rings. The number of carbonyl (C=O) groups excluding carboxylic acids is 2. The Kier molecular flexibility index (Phi) is 7.72. The fourth-order valence-electron chi connectivity index (χ4n) is 6.33. The molecule has 9 nitrogen and oxygen atoms in total. The molecule has 0 atom stereocenters. The maximum Gasteiger partial charge on any atom is 0.261 e. The van der Waals surface area contributed by atoms with Crippen LogP contribution in [0.1, 0.15) is 59.8 Å². The summed E-state index contributed by atoms with van der Waals surface area (Å²) in [6, 6.07) is 10.5. The van der Waals surface area contributed by atoms with Crippen LogP contribution in [0, 0.1) is 0 Å². The highest BCUT2D eigenvalue weighted by Crippen LogP contribution is 2.30. The Hall–Kier alpha value is -3.82. The van der Waals surface area contributed by atoms with Crippen molar-refractivity contribution in [2.45, 2.75) is 64.0 Å². The Morgan fingerprint density at radius 3 is 2.60 bits per heavy atom. The second-order valence-electron chi connectivity index (χ2n) is 11.4. The number of aromatic nitrogens is 3. The maximum atomic E-state index is 13.0. The minimum absolute atomic E-state index is 0.0785. The Morgan fingerprint density at radius 2 is 1.81 bits per heavy atom. The number of pyridine rings is 1. The smallest absolute Gasteiger partial charge is 0.261 e. The zero-order valence-electron chi connectivity index (χ0n) is 23.7. The summed E-state index contributed by atoms with van der Waals surface area (Å²) in [5.74, 6) is -0.533. The number of fused-ring (bicyclic) bond motifs is 3. The first-order chi connectivity index (χ1) is 20.2. The van der Waals surface area contributed by atoms with Crippen molar-refractivity contribution in [2.75, 3.05) is 19.6 Å². The molecule has 2 N–H and O–H groups in total. The number of amides is 2. The molecule has 10 heteroatoms. The first kappa shape index (κ1) is 28.3. The normalized spacial score (nSPS) is 16.4. The number of aliphatic hydroxyl groups is 1. The van der Waals surface area contributed by atoms with Crippen molar-refractivity contribution in [3.8, 4) is 0 Å². The van der Waals surface area contributed by atoms with Gasteiger partial charge >= 0.3 is 0 Å². The van der Waals surface area contributed by atoms with Gasteiger partial charge in [-0.15, -0.1) is 0 Å². The van der Waals surface area contributed by atoms with Crippen LogP contribution >= 0.6 is 11.6 Å². The van der Waals surface area contributed by atoms with E-state index in [1.54, 1.807) is 29.2 Å². The molecule has 1 fully saturated rings. The Morgan fingerprint density at radius 1 is 1.05 bits per heavy atom. The van der Waals surface area contributed by atoms with E-state index in [0.717, 1.165) is 42.3 Å². The van der Waals surface area contributed by atoms with Gasteiger partial charge in [-0.2, -0.15) is 0 Å². The molecule has 2 aromatic carbocycles. The predicted molar refractivity (Wildman–Crippen MR) is 162 cm³/mol. The number of aryl methyl sites for hydroxylation is 2. The van der Waals surface area contributed by atoms with Crippen LogP contribution in [0.25, 0.3) is 21.8 Å². The van der Waals surface area contributed by atoms with Gasteiger partial charge in [-0.25, -0.2) is 4.98 Å². The van der Waals surface area contributed by atoms with E-state index >= 15 is 0 Å². The van der Waals surface area contributed by atoms with Crippen LogP contribution in [-0.2, 0) is 30.6 Å². The van der Waals surface area contributed by atoms with Gasteiger partial charge in [0.15, 0.2) is 0 Å². The molecule has 0 bridgehead atoms. The van der Waals surface area contributed by atoms with Crippen LogP contribution in [0.15, 0.2) is 47.5 Å². The van der Waals surface area contributed by atoms with E-state index in [-0.39, 0.29) is 30.5 Å². The summed E-state index contributed by atoms with van der Waals surface area (Å²) >= 11 is 6.00. The zero-order valence-corrected chi connectivity index (χ0v) is 24.4. The molecule has 218 valence electrons. The van der Waals surface area contributed by atoms with E-state index in [1.807, 2.05) is 12.1 Å². The molecule has 2 amide bonds. The van der Waals surface area contributed by atoms with Gasteiger partial charge in [-0.05, 0) is 86.4 Å². The van der Waals surface area contributed by atoms with Gasteiger partial charge in [-0.1, -0.05) is 24.6 Å². The van der Waals surface area contributed by atoms with Crippen LogP contribution in [0.3, 0.4) is 0 Å². The van der Waals surface area contributed by atoms with Crippen molar-refractivity contribution in [3.05, 3.63) is 80.5 Å². The third-order valence-corrected chi connectivity index (χ3v) is 8.93. The number of nitrogens with one attached hydrogen (secondary N) is 1. The highest BCUT2D eigenvalue weighted by molar-refractivity contribution is 6.31. The number of likely N-dealkylation sites (tertiary alicyclic amines) is 1. The van der Waals surface area contributed by atoms with Gasteiger partial charge in [0.25, 0.3) is 11.5 Å². The third-order valence-electron chi connectivity index (χ3n) is 8.70. The predicted octanol–water partition coefficient (Wildman–Crippen LogP) is 3.82. The van der Waals surface area contributed by atoms with Crippen LogP contribution < -0.4 is 10.9 Å². The first-order valence-corrected chi connectivity index (χ1v) is 15.0. The molecule has 2 aromatic heterocycles. The van der Waals surface area contributed by atoms with E-state index in [2.05, 4.69) is 17.2 Å². The SMILES string of the molecule is CCc1c2c(nc3cc(C(=O)NCC(=O)N4CCC(O)(Cn5cnc6cc(Cl)ccc6c5=O)CC4)ccc13)CCCC2. The molecular formula is C32H34ClN5O4. The number of rotatable bonds is 6. The summed E-state index contributed by atoms with van der Waals surface area (Å²) in [5, 5.41) is 16.0. The molecule has 6 rings (SSSR count). The van der Waals surface area contributed by atoms with Gasteiger partial charge in [0, 0.05) is 34.8 Å². The first-order valence-electron chi connectivity index (χ1n) is 14.6. The summed E-state index contributed by atoms with van der Waals surface area (Å²) in [5.41, 5.74) is 4.25. The molecule has 0 spiro atoms.